The van der Waals surface area contributed by atoms with Crippen LogP contribution in [0.15, 0.2) is 36.4 Å². The molecule has 3 aliphatic carbocycles. The van der Waals surface area contributed by atoms with E-state index in [1.54, 1.807) is 0 Å². The minimum atomic E-state index is -4.93. The zero-order valence-corrected chi connectivity index (χ0v) is 25.1. The lowest BCUT2D eigenvalue weighted by molar-refractivity contribution is -0.140. The predicted octanol–water partition coefficient (Wildman–Crippen LogP) is 4.01. The largest absolute Gasteiger partial charge is 0.510 e. The van der Waals surface area contributed by atoms with Gasteiger partial charge in [-0.15, -0.1) is 0 Å². The Balaban J connectivity index is 1.41. The van der Waals surface area contributed by atoms with Crippen molar-refractivity contribution in [2.24, 2.45) is 0 Å². The summed E-state index contributed by atoms with van der Waals surface area (Å²) in [6, 6.07) is 7.37. The Hall–Kier alpha value is -3.20. The van der Waals surface area contributed by atoms with E-state index in [9.17, 15) is 27.7 Å². The molecule has 2 bridgehead atoms. The van der Waals surface area contributed by atoms with Gasteiger partial charge in [0.1, 0.15) is 29.2 Å². The molecule has 3 saturated carbocycles. The van der Waals surface area contributed by atoms with Crippen molar-refractivity contribution < 1.29 is 61.0 Å². The third kappa shape index (κ3) is 8.93. The summed E-state index contributed by atoms with van der Waals surface area (Å²) in [5, 5.41) is 5.48. The van der Waals surface area contributed by atoms with Crippen molar-refractivity contribution >= 4 is 49.0 Å². The Labute approximate surface area is 259 Å². The van der Waals surface area contributed by atoms with Gasteiger partial charge in [0, 0.05) is 24.1 Å². The third-order valence-electron chi connectivity index (χ3n) is 7.24. The van der Waals surface area contributed by atoms with Gasteiger partial charge in [-0.2, -0.15) is 0 Å². The Morgan fingerprint density at radius 3 is 1.91 bits per heavy atom. The Morgan fingerprint density at radius 1 is 0.886 bits per heavy atom. The van der Waals surface area contributed by atoms with Crippen molar-refractivity contribution in [3.05, 3.63) is 58.1 Å². The molecular weight excluding hydrogens is 656 g/mol. The van der Waals surface area contributed by atoms with Crippen molar-refractivity contribution in [1.82, 2.24) is 10.6 Å². The second-order valence-corrected chi connectivity index (χ2v) is 12.3. The molecular formula is C26H27Cl2F2N2O11P. The van der Waals surface area contributed by atoms with Gasteiger partial charge in [0.15, 0.2) is 13.2 Å². The molecule has 44 heavy (non-hydrogen) atoms. The van der Waals surface area contributed by atoms with Gasteiger partial charge < -0.3 is 39.4 Å². The van der Waals surface area contributed by atoms with Crippen LogP contribution in [0.1, 0.15) is 32.1 Å². The molecule has 13 nitrogen and oxygen atoms in total. The minimum Gasteiger partial charge on any atom is -0.484 e. The van der Waals surface area contributed by atoms with E-state index in [0.29, 0.717) is 12.8 Å². The molecule has 4 N–H and O–H groups in total. The van der Waals surface area contributed by atoms with Crippen LogP contribution in [0.4, 0.5) is 13.6 Å². The van der Waals surface area contributed by atoms with E-state index >= 15 is 0 Å². The number of benzene rings is 2. The standard InChI is InChI=1S/C26H27Cl2F2N2O11P/c27-17-3-1-15(9-19(17)29)39-12-22(33)31-25-5-7-26(8-6-25,21(11-25)43-24(35)41-14-42-44(36,37)38)32-23(34)13-40-16-2-4-18(28)20(30)10-16/h1-4,9-10,21H,5-8,11-14H2,(H,31,33)(H,32,34)(H2,36,37,38)/t21-,25?,26?/m0/s1. The summed E-state index contributed by atoms with van der Waals surface area (Å²) in [5.41, 5.74) is -2.01. The van der Waals surface area contributed by atoms with Gasteiger partial charge in [0.25, 0.3) is 11.8 Å². The van der Waals surface area contributed by atoms with Crippen LogP contribution < -0.4 is 20.1 Å². The summed E-state index contributed by atoms with van der Waals surface area (Å²) < 4.78 is 63.2. The van der Waals surface area contributed by atoms with E-state index in [-0.39, 0.29) is 40.8 Å². The summed E-state index contributed by atoms with van der Waals surface area (Å²) in [6.07, 6.45) is -1.22. The van der Waals surface area contributed by atoms with Gasteiger partial charge >= 0.3 is 14.0 Å². The predicted molar refractivity (Wildman–Crippen MR) is 148 cm³/mol. The normalized spacial score (nSPS) is 22.5. The number of carbonyl (C=O) groups is 3. The molecule has 5 rings (SSSR count). The van der Waals surface area contributed by atoms with Crippen LogP contribution in [0.3, 0.4) is 0 Å². The molecule has 0 heterocycles. The summed E-state index contributed by atoms with van der Waals surface area (Å²) in [5.74, 6) is -2.48. The smallest absolute Gasteiger partial charge is 0.484 e. The second kappa shape index (κ2) is 13.8. The summed E-state index contributed by atoms with van der Waals surface area (Å²) in [7, 11) is -4.93. The van der Waals surface area contributed by atoms with E-state index in [2.05, 4.69) is 19.9 Å². The van der Waals surface area contributed by atoms with E-state index in [4.69, 9.17) is 47.2 Å². The van der Waals surface area contributed by atoms with E-state index in [1.165, 1.54) is 24.3 Å². The molecule has 0 saturated heterocycles. The maximum absolute atomic E-state index is 13.7. The molecule has 0 aliphatic heterocycles. The van der Waals surface area contributed by atoms with Gasteiger partial charge in [-0.25, -0.2) is 22.7 Å². The number of halogens is 4. The lowest BCUT2D eigenvalue weighted by atomic mass is 9.59. The van der Waals surface area contributed by atoms with Crippen LogP contribution in [0, 0.1) is 11.6 Å². The number of hydrogen-bond acceptors (Lipinski definition) is 9. The third-order valence-corrected chi connectivity index (χ3v) is 8.30. The average molecular weight is 683 g/mol. The maximum Gasteiger partial charge on any atom is 0.510 e. The van der Waals surface area contributed by atoms with Crippen molar-refractivity contribution in [3.63, 3.8) is 0 Å². The number of carbonyl (C=O) groups excluding carboxylic acids is 3. The van der Waals surface area contributed by atoms with Crippen LogP contribution in [0.2, 0.25) is 10.0 Å². The SMILES string of the molecule is O=C(COc1ccc(Cl)c(F)c1)NC12CCC(NC(=O)COc3ccc(Cl)c(F)c3)(CC1)[C@@H](OC(=O)OCOP(=O)(O)O)C2. The number of phosphoric ester groups is 1. The number of rotatable bonds is 12. The van der Waals surface area contributed by atoms with Crippen molar-refractivity contribution in [2.75, 3.05) is 20.0 Å². The average Bonchev–Trinajstić information content (AvgIpc) is 2.94. The Morgan fingerprint density at radius 2 is 1.41 bits per heavy atom. The zero-order valence-electron chi connectivity index (χ0n) is 22.7. The quantitative estimate of drug-likeness (QED) is 0.144. The van der Waals surface area contributed by atoms with Crippen LogP contribution >= 0.6 is 31.0 Å². The topological polar surface area (TPSA) is 179 Å². The highest BCUT2D eigenvalue weighted by molar-refractivity contribution is 7.46. The Bertz CT molecular complexity index is 1450. The number of hydrogen-bond donors (Lipinski definition) is 4. The highest BCUT2D eigenvalue weighted by atomic mass is 35.5. The molecule has 2 aromatic carbocycles. The fourth-order valence-corrected chi connectivity index (χ4v) is 5.58. The monoisotopic (exact) mass is 682 g/mol. The van der Waals surface area contributed by atoms with E-state index in [1.807, 2.05) is 0 Å². The van der Waals surface area contributed by atoms with Crippen molar-refractivity contribution in [1.29, 1.82) is 0 Å². The lowest BCUT2D eigenvalue weighted by Crippen LogP contribution is -2.71. The second-order valence-electron chi connectivity index (χ2n) is 10.2. The van der Waals surface area contributed by atoms with E-state index < -0.39 is 74.6 Å². The van der Waals surface area contributed by atoms with Crippen LogP contribution in [-0.4, -0.2) is 64.9 Å². The van der Waals surface area contributed by atoms with Crippen LogP contribution in [0.25, 0.3) is 0 Å². The maximum atomic E-state index is 13.7. The molecule has 0 spiro atoms. The number of nitrogens with one attached hydrogen (secondary N) is 2. The highest BCUT2D eigenvalue weighted by Crippen LogP contribution is 2.48. The summed E-state index contributed by atoms with van der Waals surface area (Å²) in [4.78, 5) is 55.7. The molecule has 240 valence electrons. The number of ether oxygens (including phenoxy) is 4. The molecule has 0 unspecified atom stereocenters. The first kappa shape index (κ1) is 33.7. The molecule has 1 atom stereocenters. The fraction of sp³-hybridized carbons (Fsp3) is 0.423. The van der Waals surface area contributed by atoms with Crippen LogP contribution in [0.5, 0.6) is 11.5 Å². The first-order valence-corrected chi connectivity index (χ1v) is 15.3. The fourth-order valence-electron chi connectivity index (χ4n) is 5.16. The van der Waals surface area contributed by atoms with Crippen LogP contribution in [-0.2, 0) is 28.2 Å². The number of fused-ring (bicyclic) bond motifs is 3. The van der Waals surface area contributed by atoms with Gasteiger partial charge in [-0.3, -0.25) is 9.59 Å². The van der Waals surface area contributed by atoms with Crippen molar-refractivity contribution in [3.8, 4) is 11.5 Å². The minimum absolute atomic E-state index is 0.0201. The lowest BCUT2D eigenvalue weighted by Gasteiger charge is -2.56. The molecule has 2 amide bonds. The molecule has 0 radical (unpaired) electrons. The first-order valence-electron chi connectivity index (χ1n) is 13.0. The summed E-state index contributed by atoms with van der Waals surface area (Å²) >= 11 is 11.3. The van der Waals surface area contributed by atoms with Crippen molar-refractivity contribution in [2.45, 2.75) is 49.3 Å². The van der Waals surface area contributed by atoms with Gasteiger partial charge in [-0.05, 0) is 49.9 Å². The zero-order chi connectivity index (χ0) is 32.1. The molecule has 0 aromatic heterocycles. The first-order chi connectivity index (χ1) is 20.7. The molecule has 3 aliphatic rings. The van der Waals surface area contributed by atoms with Gasteiger partial charge in [-0.1, -0.05) is 23.2 Å². The van der Waals surface area contributed by atoms with E-state index in [0.717, 1.165) is 12.1 Å². The van der Waals surface area contributed by atoms with Gasteiger partial charge in [0.2, 0.25) is 6.79 Å². The molecule has 18 heteroatoms. The molecule has 3 fully saturated rings. The highest BCUT2D eigenvalue weighted by Gasteiger charge is 2.57. The number of phosphoric acid groups is 1. The Kier molecular flexibility index (Phi) is 10.6. The summed E-state index contributed by atoms with van der Waals surface area (Å²) in [6.45, 7) is -2.08. The van der Waals surface area contributed by atoms with Gasteiger partial charge in [0.05, 0.1) is 15.6 Å². The number of amides is 2. The molecule has 2 aromatic rings.